The summed E-state index contributed by atoms with van der Waals surface area (Å²) in [6.07, 6.45) is 2.63. The first-order chi connectivity index (χ1) is 8.08. The Bertz CT molecular complexity index is 389. The van der Waals surface area contributed by atoms with Gasteiger partial charge in [0.05, 0.1) is 0 Å². The molecule has 0 amide bonds. The molecule has 1 aliphatic heterocycles. The molecular formula is C14H23N3. The summed E-state index contributed by atoms with van der Waals surface area (Å²) in [6.45, 7) is 4.36. The Balaban J connectivity index is 2.03. The highest BCUT2D eigenvalue weighted by atomic mass is 15.2. The van der Waals surface area contributed by atoms with Crippen molar-refractivity contribution < 1.29 is 0 Å². The largest absolute Gasteiger partial charge is 0.398 e. The molecule has 0 saturated carbocycles. The van der Waals surface area contributed by atoms with Gasteiger partial charge in [-0.2, -0.15) is 0 Å². The average Bonchev–Trinajstić information content (AvgIpc) is 2.68. The second kappa shape index (κ2) is 4.96. The lowest BCUT2D eigenvalue weighted by atomic mass is 10.1. The van der Waals surface area contributed by atoms with Crippen LogP contribution in [0.4, 0.5) is 11.4 Å². The highest BCUT2D eigenvalue weighted by Crippen LogP contribution is 2.22. The van der Waals surface area contributed by atoms with Crippen molar-refractivity contribution in [3.63, 3.8) is 0 Å². The topological polar surface area (TPSA) is 32.5 Å². The number of anilines is 2. The molecular weight excluding hydrogens is 210 g/mol. The molecule has 0 aliphatic carbocycles. The summed E-state index contributed by atoms with van der Waals surface area (Å²) in [5, 5.41) is 0. The van der Waals surface area contributed by atoms with Gasteiger partial charge in [0.1, 0.15) is 0 Å². The number of hydrogen-bond donors (Lipinski definition) is 1. The van der Waals surface area contributed by atoms with Crippen molar-refractivity contribution >= 4 is 11.4 Å². The van der Waals surface area contributed by atoms with Crippen LogP contribution in [0, 0.1) is 6.92 Å². The highest BCUT2D eigenvalue weighted by Gasteiger charge is 2.22. The monoisotopic (exact) mass is 233 g/mol. The van der Waals surface area contributed by atoms with Gasteiger partial charge in [0.25, 0.3) is 0 Å². The van der Waals surface area contributed by atoms with Crippen molar-refractivity contribution in [2.24, 2.45) is 0 Å². The Morgan fingerprint density at radius 1 is 1.47 bits per heavy atom. The van der Waals surface area contributed by atoms with Crippen LogP contribution in [0.1, 0.15) is 18.4 Å². The first-order valence-electron chi connectivity index (χ1n) is 6.35. The number of likely N-dealkylation sites (tertiary alicyclic amines) is 1. The van der Waals surface area contributed by atoms with Crippen LogP contribution in [-0.2, 0) is 0 Å². The van der Waals surface area contributed by atoms with E-state index in [0.717, 1.165) is 17.8 Å². The van der Waals surface area contributed by atoms with E-state index in [0.29, 0.717) is 6.04 Å². The summed E-state index contributed by atoms with van der Waals surface area (Å²) in [5.41, 5.74) is 9.21. The van der Waals surface area contributed by atoms with Crippen molar-refractivity contribution in [3.05, 3.63) is 23.8 Å². The van der Waals surface area contributed by atoms with Crippen molar-refractivity contribution in [1.82, 2.24) is 4.90 Å². The molecule has 1 saturated heterocycles. The zero-order valence-electron chi connectivity index (χ0n) is 11.1. The Morgan fingerprint density at radius 2 is 2.24 bits per heavy atom. The lowest BCUT2D eigenvalue weighted by Gasteiger charge is -2.27. The zero-order chi connectivity index (χ0) is 12.4. The van der Waals surface area contributed by atoms with E-state index in [4.69, 9.17) is 5.73 Å². The second-order valence-electron chi connectivity index (χ2n) is 5.20. The molecule has 2 rings (SSSR count). The molecule has 17 heavy (non-hydrogen) atoms. The first kappa shape index (κ1) is 12.2. The Morgan fingerprint density at radius 3 is 2.82 bits per heavy atom. The van der Waals surface area contributed by atoms with Crippen LogP contribution in [0.2, 0.25) is 0 Å². The zero-order valence-corrected chi connectivity index (χ0v) is 11.1. The normalized spacial score (nSPS) is 20.8. The van der Waals surface area contributed by atoms with Crippen molar-refractivity contribution in [2.45, 2.75) is 25.8 Å². The van der Waals surface area contributed by atoms with Crippen LogP contribution < -0.4 is 10.6 Å². The average molecular weight is 233 g/mol. The fraction of sp³-hybridized carbons (Fsp3) is 0.571. The van der Waals surface area contributed by atoms with Crippen LogP contribution in [0.3, 0.4) is 0 Å². The highest BCUT2D eigenvalue weighted by molar-refractivity contribution is 5.59. The van der Waals surface area contributed by atoms with Crippen molar-refractivity contribution in [1.29, 1.82) is 0 Å². The Kier molecular flexibility index (Phi) is 3.57. The van der Waals surface area contributed by atoms with E-state index >= 15 is 0 Å². The molecule has 1 fully saturated rings. The molecule has 0 aromatic heterocycles. The fourth-order valence-electron chi connectivity index (χ4n) is 2.50. The number of benzene rings is 1. The summed E-state index contributed by atoms with van der Waals surface area (Å²) in [6, 6.07) is 7.01. The molecule has 1 aliphatic rings. The SMILES string of the molecule is Cc1ccc(N(C)CC2CCCN2C)cc1N. The molecule has 1 aromatic carbocycles. The van der Waals surface area contributed by atoms with E-state index in [1.165, 1.54) is 25.1 Å². The van der Waals surface area contributed by atoms with Gasteiger partial charge in [0.2, 0.25) is 0 Å². The third-order valence-electron chi connectivity index (χ3n) is 3.86. The summed E-state index contributed by atoms with van der Waals surface area (Å²) >= 11 is 0. The maximum Gasteiger partial charge on any atom is 0.0384 e. The molecule has 3 nitrogen and oxygen atoms in total. The molecule has 0 radical (unpaired) electrons. The molecule has 1 atom stereocenters. The van der Waals surface area contributed by atoms with E-state index in [-0.39, 0.29) is 0 Å². The van der Waals surface area contributed by atoms with Crippen molar-refractivity contribution in [2.75, 3.05) is 37.8 Å². The third kappa shape index (κ3) is 2.72. The molecule has 1 unspecified atom stereocenters. The summed E-state index contributed by atoms with van der Waals surface area (Å²) in [7, 11) is 4.37. The Labute approximate surface area is 104 Å². The molecule has 1 heterocycles. The number of nitrogens with zero attached hydrogens (tertiary/aromatic N) is 2. The first-order valence-corrected chi connectivity index (χ1v) is 6.35. The minimum Gasteiger partial charge on any atom is -0.398 e. The smallest absolute Gasteiger partial charge is 0.0384 e. The minimum atomic E-state index is 0.683. The maximum atomic E-state index is 5.96. The van der Waals surface area contributed by atoms with Gasteiger partial charge in [-0.3, -0.25) is 0 Å². The number of nitrogen functional groups attached to an aromatic ring is 1. The molecule has 94 valence electrons. The summed E-state index contributed by atoms with van der Waals surface area (Å²) in [5.74, 6) is 0. The van der Waals surface area contributed by atoms with E-state index in [9.17, 15) is 0 Å². The number of hydrogen-bond acceptors (Lipinski definition) is 3. The molecule has 3 heteroatoms. The van der Waals surface area contributed by atoms with Gasteiger partial charge in [-0.15, -0.1) is 0 Å². The standard InChI is InChI=1S/C14H23N3/c1-11-6-7-12(9-14(11)15)17(3)10-13-5-4-8-16(13)2/h6-7,9,13H,4-5,8,10,15H2,1-3H3. The Hall–Kier alpha value is -1.22. The lowest BCUT2D eigenvalue weighted by Crippen LogP contribution is -2.36. The predicted molar refractivity (Wildman–Crippen MR) is 74.5 cm³/mol. The predicted octanol–water partition coefficient (Wildman–Crippen LogP) is 2.11. The summed E-state index contributed by atoms with van der Waals surface area (Å²) in [4.78, 5) is 4.76. The van der Waals surface area contributed by atoms with Crippen LogP contribution in [0.15, 0.2) is 18.2 Å². The molecule has 0 spiro atoms. The second-order valence-corrected chi connectivity index (χ2v) is 5.20. The molecule has 0 bridgehead atoms. The van der Waals surface area contributed by atoms with E-state index < -0.39 is 0 Å². The van der Waals surface area contributed by atoms with E-state index in [2.05, 4.69) is 42.1 Å². The van der Waals surface area contributed by atoms with Gasteiger partial charge in [-0.1, -0.05) is 6.07 Å². The number of aryl methyl sites for hydroxylation is 1. The number of nitrogens with two attached hydrogens (primary N) is 1. The third-order valence-corrected chi connectivity index (χ3v) is 3.86. The van der Waals surface area contributed by atoms with Crippen LogP contribution >= 0.6 is 0 Å². The fourth-order valence-corrected chi connectivity index (χ4v) is 2.50. The van der Waals surface area contributed by atoms with Gasteiger partial charge in [0.15, 0.2) is 0 Å². The lowest BCUT2D eigenvalue weighted by molar-refractivity contribution is 0.314. The van der Waals surface area contributed by atoms with Crippen LogP contribution in [0.5, 0.6) is 0 Å². The quantitative estimate of drug-likeness (QED) is 0.812. The van der Waals surface area contributed by atoms with Gasteiger partial charge in [-0.05, 0) is 51.1 Å². The van der Waals surface area contributed by atoms with E-state index in [1.807, 2.05) is 6.92 Å². The van der Waals surface area contributed by atoms with Crippen LogP contribution in [-0.4, -0.2) is 38.1 Å². The van der Waals surface area contributed by atoms with Gasteiger partial charge >= 0.3 is 0 Å². The van der Waals surface area contributed by atoms with Crippen molar-refractivity contribution in [3.8, 4) is 0 Å². The van der Waals surface area contributed by atoms with Gasteiger partial charge in [-0.25, -0.2) is 0 Å². The van der Waals surface area contributed by atoms with E-state index in [1.54, 1.807) is 0 Å². The van der Waals surface area contributed by atoms with Crippen LogP contribution in [0.25, 0.3) is 0 Å². The van der Waals surface area contributed by atoms with Gasteiger partial charge < -0.3 is 15.5 Å². The summed E-state index contributed by atoms with van der Waals surface area (Å²) < 4.78 is 0. The minimum absolute atomic E-state index is 0.683. The van der Waals surface area contributed by atoms with Gasteiger partial charge in [0, 0.05) is 31.0 Å². The molecule has 2 N–H and O–H groups in total. The molecule has 1 aromatic rings. The number of rotatable bonds is 3. The maximum absolute atomic E-state index is 5.96. The number of likely N-dealkylation sites (N-methyl/N-ethyl adjacent to an activating group) is 2.